The first-order valence-corrected chi connectivity index (χ1v) is 6.08. The third-order valence-electron chi connectivity index (χ3n) is 3.06. The number of carboxylic acids is 1. The van der Waals surface area contributed by atoms with Crippen molar-refractivity contribution in [3.8, 4) is 11.1 Å². The maximum absolute atomic E-state index is 12.9. The molecule has 0 saturated carbocycles. The van der Waals surface area contributed by atoms with Gasteiger partial charge in [0.15, 0.2) is 6.10 Å². The first-order chi connectivity index (χ1) is 10.2. The first kappa shape index (κ1) is 16.0. The Morgan fingerprint density at radius 3 is 2.14 bits per heavy atom. The zero-order valence-electron chi connectivity index (χ0n) is 10.9. The van der Waals surface area contributed by atoms with Crippen molar-refractivity contribution in [2.24, 2.45) is 0 Å². The molecule has 22 heavy (non-hydrogen) atoms. The van der Waals surface area contributed by atoms with E-state index in [1.165, 1.54) is 12.1 Å². The molecule has 2 aromatic carbocycles. The number of carboxylic acid groups (broad SMARTS) is 1. The Labute approximate surface area is 122 Å². The van der Waals surface area contributed by atoms with Crippen molar-refractivity contribution in [3.63, 3.8) is 0 Å². The van der Waals surface area contributed by atoms with Crippen LogP contribution in [0, 0.1) is 5.82 Å². The van der Waals surface area contributed by atoms with E-state index in [2.05, 4.69) is 0 Å². The summed E-state index contributed by atoms with van der Waals surface area (Å²) in [6.45, 7) is 0. The quantitative estimate of drug-likeness (QED) is 0.851. The number of aliphatic carboxylic acids is 1. The fraction of sp³-hybridized carbons (Fsp3) is 0.133. The molecule has 2 aromatic rings. The number of aliphatic hydroxyl groups is 1. The third kappa shape index (κ3) is 3.25. The van der Waals surface area contributed by atoms with Crippen molar-refractivity contribution in [1.82, 2.24) is 0 Å². The molecule has 0 fully saturated rings. The van der Waals surface area contributed by atoms with Crippen LogP contribution in [-0.4, -0.2) is 16.2 Å². The number of halogens is 4. The number of alkyl halides is 3. The van der Waals surface area contributed by atoms with Gasteiger partial charge in [0.2, 0.25) is 0 Å². The molecule has 0 heterocycles. The number of rotatable bonds is 3. The molecular weight excluding hydrogens is 304 g/mol. The standard InChI is InChI=1S/C15H10F4O3/c16-10-4-1-8(2-5-10)12-7-9(15(17,18)19)3-6-11(12)13(20)14(21)22/h1-7,13,20H,(H,21,22). The van der Waals surface area contributed by atoms with Gasteiger partial charge in [-0.2, -0.15) is 13.2 Å². The molecule has 0 saturated heterocycles. The van der Waals surface area contributed by atoms with E-state index in [-0.39, 0.29) is 16.7 Å². The minimum atomic E-state index is -4.62. The van der Waals surface area contributed by atoms with E-state index in [9.17, 15) is 27.5 Å². The second-order valence-electron chi connectivity index (χ2n) is 4.55. The van der Waals surface area contributed by atoms with Crippen LogP contribution in [0.4, 0.5) is 17.6 Å². The average Bonchev–Trinajstić information content (AvgIpc) is 2.45. The van der Waals surface area contributed by atoms with E-state index in [4.69, 9.17) is 5.11 Å². The zero-order valence-corrected chi connectivity index (χ0v) is 10.9. The predicted octanol–water partition coefficient (Wildman–Crippen LogP) is 3.63. The van der Waals surface area contributed by atoms with Crippen molar-refractivity contribution < 1.29 is 32.6 Å². The molecule has 3 nitrogen and oxygen atoms in total. The highest BCUT2D eigenvalue weighted by molar-refractivity contribution is 5.80. The van der Waals surface area contributed by atoms with E-state index in [1.807, 2.05) is 0 Å². The zero-order chi connectivity index (χ0) is 16.5. The van der Waals surface area contributed by atoms with Crippen molar-refractivity contribution >= 4 is 5.97 Å². The van der Waals surface area contributed by atoms with Gasteiger partial charge in [0, 0.05) is 0 Å². The Kier molecular flexibility index (Phi) is 4.18. The van der Waals surface area contributed by atoms with E-state index < -0.39 is 29.6 Å². The van der Waals surface area contributed by atoms with Gasteiger partial charge in [-0.1, -0.05) is 18.2 Å². The van der Waals surface area contributed by atoms with Crippen LogP contribution in [0.3, 0.4) is 0 Å². The number of hydrogen-bond donors (Lipinski definition) is 2. The van der Waals surface area contributed by atoms with E-state index in [1.54, 1.807) is 0 Å². The summed E-state index contributed by atoms with van der Waals surface area (Å²) in [5.41, 5.74) is -1.15. The average molecular weight is 314 g/mol. The highest BCUT2D eigenvalue weighted by atomic mass is 19.4. The van der Waals surface area contributed by atoms with Crippen LogP contribution in [0.1, 0.15) is 17.2 Å². The van der Waals surface area contributed by atoms with Gasteiger partial charge in [0.25, 0.3) is 0 Å². The van der Waals surface area contributed by atoms with E-state index >= 15 is 0 Å². The molecule has 2 rings (SSSR count). The number of benzene rings is 2. The monoisotopic (exact) mass is 314 g/mol. The molecule has 1 atom stereocenters. The van der Waals surface area contributed by atoms with Gasteiger partial charge < -0.3 is 10.2 Å². The van der Waals surface area contributed by atoms with Crippen LogP contribution in [0.15, 0.2) is 42.5 Å². The Balaban J connectivity index is 2.64. The summed E-state index contributed by atoms with van der Waals surface area (Å²) in [5.74, 6) is -2.18. The van der Waals surface area contributed by atoms with E-state index in [0.29, 0.717) is 6.07 Å². The molecular formula is C15H10F4O3. The Bertz CT molecular complexity index is 693. The third-order valence-corrected chi connectivity index (χ3v) is 3.06. The van der Waals surface area contributed by atoms with Gasteiger partial charge in [-0.3, -0.25) is 0 Å². The van der Waals surface area contributed by atoms with Gasteiger partial charge >= 0.3 is 12.1 Å². The molecule has 2 N–H and O–H groups in total. The van der Waals surface area contributed by atoms with Gasteiger partial charge in [0.05, 0.1) is 5.56 Å². The molecule has 0 spiro atoms. The minimum Gasteiger partial charge on any atom is -0.479 e. The van der Waals surface area contributed by atoms with Crippen molar-refractivity contribution in [2.45, 2.75) is 12.3 Å². The molecule has 0 aliphatic carbocycles. The lowest BCUT2D eigenvalue weighted by Crippen LogP contribution is -2.13. The summed E-state index contributed by atoms with van der Waals surface area (Å²) in [6, 6.07) is 6.81. The predicted molar refractivity (Wildman–Crippen MR) is 69.4 cm³/mol. The lowest BCUT2D eigenvalue weighted by molar-refractivity contribution is -0.146. The van der Waals surface area contributed by atoms with Crippen LogP contribution >= 0.6 is 0 Å². The molecule has 0 aliphatic rings. The molecule has 0 aromatic heterocycles. The largest absolute Gasteiger partial charge is 0.479 e. The fourth-order valence-electron chi connectivity index (χ4n) is 1.98. The smallest absolute Gasteiger partial charge is 0.416 e. The Morgan fingerprint density at radius 2 is 1.64 bits per heavy atom. The van der Waals surface area contributed by atoms with Crippen LogP contribution in [0.25, 0.3) is 11.1 Å². The topological polar surface area (TPSA) is 57.5 Å². The lowest BCUT2D eigenvalue weighted by Gasteiger charge is -2.16. The molecule has 0 radical (unpaired) electrons. The van der Waals surface area contributed by atoms with Crippen LogP contribution in [-0.2, 0) is 11.0 Å². The van der Waals surface area contributed by atoms with Gasteiger partial charge in [0.1, 0.15) is 5.82 Å². The van der Waals surface area contributed by atoms with Crippen LogP contribution in [0.2, 0.25) is 0 Å². The van der Waals surface area contributed by atoms with Crippen LogP contribution in [0.5, 0.6) is 0 Å². The Hall–Kier alpha value is -2.41. The molecule has 0 bridgehead atoms. The summed E-state index contributed by atoms with van der Waals surface area (Å²) in [6.07, 6.45) is -6.61. The summed E-state index contributed by atoms with van der Waals surface area (Å²) >= 11 is 0. The van der Waals surface area contributed by atoms with Crippen molar-refractivity contribution in [3.05, 3.63) is 59.4 Å². The first-order valence-electron chi connectivity index (χ1n) is 6.08. The maximum atomic E-state index is 12.9. The lowest BCUT2D eigenvalue weighted by atomic mass is 9.94. The van der Waals surface area contributed by atoms with Crippen molar-refractivity contribution in [1.29, 1.82) is 0 Å². The summed E-state index contributed by atoms with van der Waals surface area (Å²) in [7, 11) is 0. The second kappa shape index (κ2) is 5.76. The Morgan fingerprint density at radius 1 is 1.05 bits per heavy atom. The van der Waals surface area contributed by atoms with Gasteiger partial charge in [-0.25, -0.2) is 9.18 Å². The number of aliphatic hydroxyl groups excluding tert-OH is 1. The van der Waals surface area contributed by atoms with E-state index in [0.717, 1.165) is 24.3 Å². The molecule has 0 amide bonds. The number of hydrogen-bond acceptors (Lipinski definition) is 2. The van der Waals surface area contributed by atoms with Crippen LogP contribution < -0.4 is 0 Å². The van der Waals surface area contributed by atoms with Gasteiger partial charge in [-0.05, 0) is 41.0 Å². The highest BCUT2D eigenvalue weighted by Crippen LogP contribution is 2.36. The normalized spacial score (nSPS) is 13.0. The second-order valence-corrected chi connectivity index (χ2v) is 4.55. The fourth-order valence-corrected chi connectivity index (χ4v) is 1.98. The SMILES string of the molecule is O=C(O)C(O)c1ccc(C(F)(F)F)cc1-c1ccc(F)cc1. The molecule has 116 valence electrons. The highest BCUT2D eigenvalue weighted by Gasteiger charge is 2.32. The number of carbonyl (C=O) groups is 1. The molecule has 7 heteroatoms. The summed E-state index contributed by atoms with van der Waals surface area (Å²) in [4.78, 5) is 10.9. The molecule has 1 unspecified atom stereocenters. The summed E-state index contributed by atoms with van der Waals surface area (Å²) in [5, 5.41) is 18.5. The van der Waals surface area contributed by atoms with Gasteiger partial charge in [-0.15, -0.1) is 0 Å². The maximum Gasteiger partial charge on any atom is 0.416 e. The molecule has 0 aliphatic heterocycles. The van der Waals surface area contributed by atoms with Crippen molar-refractivity contribution in [2.75, 3.05) is 0 Å². The minimum absolute atomic E-state index is 0.121. The summed E-state index contributed by atoms with van der Waals surface area (Å²) < 4.78 is 51.3.